The van der Waals surface area contributed by atoms with Crippen LogP contribution >= 0.6 is 11.6 Å². The first-order valence-electron chi connectivity index (χ1n) is 13.1. The molecule has 1 unspecified atom stereocenters. The largest absolute Gasteiger partial charge is 0.466 e. The highest BCUT2D eigenvalue weighted by Crippen LogP contribution is 2.23. The summed E-state index contributed by atoms with van der Waals surface area (Å²) in [5, 5.41) is 3.56. The monoisotopic (exact) mass is 558 g/mol. The van der Waals surface area contributed by atoms with Crippen LogP contribution in [0.3, 0.4) is 0 Å². The van der Waals surface area contributed by atoms with E-state index in [0.29, 0.717) is 17.9 Å². The summed E-state index contributed by atoms with van der Waals surface area (Å²) in [6.07, 6.45) is 1.01. The number of H-pyrrole nitrogens is 1. The first-order chi connectivity index (χ1) is 19.4. The molecule has 1 heterocycles. The molecule has 0 radical (unpaired) electrons. The Hall–Kier alpha value is -4.36. The number of hydrogen-bond acceptors (Lipinski definition) is 5. The molecule has 0 saturated carbocycles. The van der Waals surface area contributed by atoms with Gasteiger partial charge in [0.25, 0.3) is 5.91 Å². The fourth-order valence-electron chi connectivity index (χ4n) is 4.27. The van der Waals surface area contributed by atoms with Gasteiger partial charge in [0, 0.05) is 17.5 Å². The second-order valence-electron chi connectivity index (χ2n) is 9.25. The van der Waals surface area contributed by atoms with Gasteiger partial charge in [-0.2, -0.15) is 0 Å². The Bertz CT molecular complexity index is 1430. The van der Waals surface area contributed by atoms with Gasteiger partial charge in [0.05, 0.1) is 19.6 Å². The van der Waals surface area contributed by atoms with Crippen molar-refractivity contribution in [2.45, 2.75) is 32.2 Å². The zero-order chi connectivity index (χ0) is 28.3. The van der Waals surface area contributed by atoms with E-state index in [1.807, 2.05) is 78.9 Å². The number of nitrogens with one attached hydrogen (secondary N) is 2. The number of benzene rings is 3. The van der Waals surface area contributed by atoms with Crippen LogP contribution in [0.1, 0.15) is 45.4 Å². The lowest BCUT2D eigenvalue weighted by Gasteiger charge is -2.18. The predicted octanol–water partition coefficient (Wildman–Crippen LogP) is 6.03. The Morgan fingerprint density at radius 3 is 2.30 bits per heavy atom. The maximum atomic E-state index is 13.0. The van der Waals surface area contributed by atoms with Crippen LogP contribution in [-0.4, -0.2) is 42.1 Å². The van der Waals surface area contributed by atoms with E-state index < -0.39 is 23.9 Å². The maximum absolute atomic E-state index is 13.0. The van der Waals surface area contributed by atoms with E-state index in [0.717, 1.165) is 22.3 Å². The van der Waals surface area contributed by atoms with E-state index in [4.69, 9.17) is 21.1 Å². The number of carbonyl (C=O) groups excluding carboxylic acids is 3. The molecular weight excluding hydrogens is 528 g/mol. The molecule has 40 heavy (non-hydrogen) atoms. The van der Waals surface area contributed by atoms with Gasteiger partial charge in [-0.25, -0.2) is 4.79 Å². The molecule has 0 bridgehead atoms. The molecule has 4 aromatic rings. The summed E-state index contributed by atoms with van der Waals surface area (Å²) in [6.45, 7) is 2.21. The number of halogens is 1. The zero-order valence-electron chi connectivity index (χ0n) is 22.2. The Morgan fingerprint density at radius 1 is 0.825 bits per heavy atom. The second-order valence-corrected chi connectivity index (χ2v) is 9.68. The van der Waals surface area contributed by atoms with Gasteiger partial charge in [-0.15, -0.1) is 0 Å². The van der Waals surface area contributed by atoms with Crippen molar-refractivity contribution in [3.05, 3.63) is 119 Å². The van der Waals surface area contributed by atoms with E-state index >= 15 is 0 Å². The molecule has 0 fully saturated rings. The predicted molar refractivity (Wildman–Crippen MR) is 154 cm³/mol. The highest BCUT2D eigenvalue weighted by molar-refractivity contribution is 6.30. The van der Waals surface area contributed by atoms with Crippen LogP contribution in [-0.2, 0) is 27.1 Å². The first-order valence-corrected chi connectivity index (χ1v) is 13.5. The number of hydrogen-bond donors (Lipinski definition) is 2. The summed E-state index contributed by atoms with van der Waals surface area (Å²) in [5.74, 6) is -1.39. The van der Waals surface area contributed by atoms with Crippen LogP contribution in [0.25, 0.3) is 11.1 Å². The number of aromatic amines is 1. The lowest BCUT2D eigenvalue weighted by Crippen LogP contribution is -2.38. The lowest BCUT2D eigenvalue weighted by atomic mass is 9.99. The Kier molecular flexibility index (Phi) is 10.1. The van der Waals surface area contributed by atoms with Crippen molar-refractivity contribution in [1.82, 2.24) is 10.3 Å². The molecule has 0 aliphatic carbocycles. The smallest absolute Gasteiger partial charge is 0.354 e. The number of carbonyl (C=O) groups is 3. The number of rotatable bonds is 12. The van der Waals surface area contributed by atoms with Crippen molar-refractivity contribution in [1.29, 1.82) is 0 Å². The van der Waals surface area contributed by atoms with Crippen molar-refractivity contribution in [2.75, 3.05) is 13.2 Å². The number of ether oxygens (including phenoxy) is 2. The first kappa shape index (κ1) is 28.6. The third kappa shape index (κ3) is 8.32. The van der Waals surface area contributed by atoms with Gasteiger partial charge in [-0.1, -0.05) is 78.3 Å². The normalized spacial score (nSPS) is 11.4. The quantitative estimate of drug-likeness (QED) is 0.207. The second kappa shape index (κ2) is 14.1. The van der Waals surface area contributed by atoms with Crippen molar-refractivity contribution in [3.8, 4) is 11.1 Å². The van der Waals surface area contributed by atoms with Crippen molar-refractivity contribution >= 4 is 29.4 Å². The van der Waals surface area contributed by atoms with Crippen LogP contribution in [0.2, 0.25) is 5.02 Å². The summed E-state index contributed by atoms with van der Waals surface area (Å²) in [7, 11) is 0. The lowest BCUT2D eigenvalue weighted by molar-refractivity contribution is -0.143. The molecule has 206 valence electrons. The average Bonchev–Trinajstić information content (AvgIpc) is 3.45. The van der Waals surface area contributed by atoms with Crippen molar-refractivity contribution in [2.24, 2.45) is 0 Å². The molecular formula is C32H31ClN2O5. The molecule has 1 atom stereocenters. The van der Waals surface area contributed by atoms with Crippen molar-refractivity contribution in [3.63, 3.8) is 0 Å². The Balaban J connectivity index is 1.38. The molecule has 0 saturated heterocycles. The molecule has 8 heteroatoms. The Morgan fingerprint density at radius 2 is 1.57 bits per heavy atom. The highest BCUT2D eigenvalue weighted by atomic mass is 35.5. The summed E-state index contributed by atoms with van der Waals surface area (Å²) in [5.41, 5.74) is 4.38. The fourth-order valence-corrected chi connectivity index (χ4v) is 4.47. The number of esters is 2. The molecule has 0 spiro atoms. The molecule has 3 aromatic carbocycles. The van der Waals surface area contributed by atoms with Crippen LogP contribution in [0.15, 0.2) is 91.0 Å². The van der Waals surface area contributed by atoms with Gasteiger partial charge in [-0.3, -0.25) is 9.59 Å². The van der Waals surface area contributed by atoms with Crippen molar-refractivity contribution < 1.29 is 23.9 Å². The van der Waals surface area contributed by atoms with Gasteiger partial charge in [0.15, 0.2) is 0 Å². The van der Waals surface area contributed by atoms with Gasteiger partial charge >= 0.3 is 11.9 Å². The molecule has 1 aromatic heterocycles. The minimum absolute atomic E-state index is 0.00468. The van der Waals surface area contributed by atoms with E-state index in [9.17, 15) is 14.4 Å². The topological polar surface area (TPSA) is 97.5 Å². The third-order valence-corrected chi connectivity index (χ3v) is 6.50. The van der Waals surface area contributed by atoms with E-state index in [-0.39, 0.29) is 31.0 Å². The molecule has 2 N–H and O–H groups in total. The Labute approximate surface area is 238 Å². The molecule has 7 nitrogen and oxygen atoms in total. The summed E-state index contributed by atoms with van der Waals surface area (Å²) in [6, 6.07) is 27.7. The fraction of sp³-hybridized carbons (Fsp3) is 0.219. The van der Waals surface area contributed by atoms with E-state index in [1.165, 1.54) is 12.1 Å². The SMILES string of the molecule is CCOC(=O)CC(Cc1ccc(-c2cccc(Cl)c2)cc1)NC(=O)c1ccc(C(=O)OCCc2ccccc2)[nH]1. The van der Waals surface area contributed by atoms with Gasteiger partial charge in [0.1, 0.15) is 11.4 Å². The van der Waals surface area contributed by atoms with Gasteiger partial charge < -0.3 is 19.8 Å². The number of aromatic nitrogens is 1. The summed E-state index contributed by atoms with van der Waals surface area (Å²) >= 11 is 6.12. The standard InChI is InChI=1S/C32H31ClN2O5/c1-2-39-30(36)21-27(19-23-11-13-24(14-12-23)25-9-6-10-26(33)20-25)34-31(37)28-15-16-29(35-28)32(38)40-18-17-22-7-4-3-5-8-22/h3-16,20,27,35H,2,17-19,21H2,1H3,(H,34,37). The third-order valence-electron chi connectivity index (χ3n) is 6.26. The molecule has 0 aliphatic rings. The van der Waals surface area contributed by atoms with Crippen LogP contribution < -0.4 is 5.32 Å². The molecule has 0 aliphatic heterocycles. The van der Waals surface area contributed by atoms with Gasteiger partial charge in [-0.05, 0) is 59.9 Å². The minimum Gasteiger partial charge on any atom is -0.466 e. The highest BCUT2D eigenvalue weighted by Gasteiger charge is 2.21. The van der Waals surface area contributed by atoms with Gasteiger partial charge in [0.2, 0.25) is 0 Å². The minimum atomic E-state index is -0.544. The molecule has 1 amide bonds. The number of amides is 1. The summed E-state index contributed by atoms with van der Waals surface area (Å²) in [4.78, 5) is 40.6. The average molecular weight is 559 g/mol. The van der Waals surface area contributed by atoms with Crippen LogP contribution in [0, 0.1) is 0 Å². The van der Waals surface area contributed by atoms with E-state index in [2.05, 4.69) is 10.3 Å². The van der Waals surface area contributed by atoms with E-state index in [1.54, 1.807) is 6.92 Å². The molecule has 4 rings (SSSR count). The zero-order valence-corrected chi connectivity index (χ0v) is 22.9. The van der Waals surface area contributed by atoms with Crippen LogP contribution in [0.4, 0.5) is 0 Å². The maximum Gasteiger partial charge on any atom is 0.354 e. The van der Waals surface area contributed by atoms with Crippen LogP contribution in [0.5, 0.6) is 0 Å². The summed E-state index contributed by atoms with van der Waals surface area (Å²) < 4.78 is 10.5.